The molecule has 4 nitrogen and oxygen atoms in total. The summed E-state index contributed by atoms with van der Waals surface area (Å²) in [6, 6.07) is 0.562. The molecule has 1 amide bonds. The van der Waals surface area contributed by atoms with Crippen molar-refractivity contribution in [2.24, 2.45) is 5.92 Å². The summed E-state index contributed by atoms with van der Waals surface area (Å²) in [7, 11) is 0. The van der Waals surface area contributed by atoms with Crippen LogP contribution >= 0.6 is 0 Å². The van der Waals surface area contributed by atoms with Crippen molar-refractivity contribution in [2.45, 2.75) is 51.0 Å². The number of aliphatic hydroxyl groups is 1. The molecule has 0 radical (unpaired) electrons. The highest BCUT2D eigenvalue weighted by atomic mass is 16.3. The zero-order valence-electron chi connectivity index (χ0n) is 11.2. The van der Waals surface area contributed by atoms with E-state index < -0.39 is 0 Å². The molecular weight excluding hydrogens is 228 g/mol. The van der Waals surface area contributed by atoms with Gasteiger partial charge in [0.15, 0.2) is 0 Å². The normalized spacial score (nSPS) is 25.6. The molecule has 1 saturated carbocycles. The molecule has 0 aromatic carbocycles. The van der Waals surface area contributed by atoms with E-state index in [1.807, 2.05) is 4.90 Å². The predicted octanol–water partition coefficient (Wildman–Crippen LogP) is 1.14. The lowest BCUT2D eigenvalue weighted by Gasteiger charge is -2.33. The largest absolute Gasteiger partial charge is 0.396 e. The second-order valence-electron chi connectivity index (χ2n) is 5.72. The number of piperidine rings is 1. The number of nitrogens with one attached hydrogen (secondary N) is 1. The van der Waals surface area contributed by atoms with Crippen molar-refractivity contribution in [3.05, 3.63) is 0 Å². The molecule has 2 fully saturated rings. The Labute approximate surface area is 110 Å². The first-order chi connectivity index (χ1) is 8.79. The highest BCUT2D eigenvalue weighted by Gasteiger charge is 2.24. The summed E-state index contributed by atoms with van der Waals surface area (Å²) in [4.78, 5) is 14.1. The number of likely N-dealkylation sites (tertiary alicyclic amines) is 1. The molecule has 2 aliphatic rings. The minimum absolute atomic E-state index is 0.240. The third kappa shape index (κ3) is 3.95. The fourth-order valence-corrected chi connectivity index (χ4v) is 3.18. The van der Waals surface area contributed by atoms with Crippen LogP contribution in [0.3, 0.4) is 0 Å². The second kappa shape index (κ2) is 7.10. The van der Waals surface area contributed by atoms with Gasteiger partial charge in [-0.05, 0) is 38.0 Å². The Bertz CT molecular complexity index is 263. The average molecular weight is 254 g/mol. The second-order valence-corrected chi connectivity index (χ2v) is 5.72. The highest BCUT2D eigenvalue weighted by molar-refractivity contribution is 5.78. The van der Waals surface area contributed by atoms with Crippen molar-refractivity contribution in [1.82, 2.24) is 10.2 Å². The van der Waals surface area contributed by atoms with Gasteiger partial charge in [-0.1, -0.05) is 12.8 Å². The van der Waals surface area contributed by atoms with Crippen molar-refractivity contribution >= 4 is 5.91 Å². The molecule has 2 rings (SSSR count). The van der Waals surface area contributed by atoms with Crippen LogP contribution in [0.25, 0.3) is 0 Å². The molecule has 1 aliphatic carbocycles. The van der Waals surface area contributed by atoms with Crippen LogP contribution in [0, 0.1) is 5.92 Å². The van der Waals surface area contributed by atoms with Gasteiger partial charge in [0.25, 0.3) is 0 Å². The van der Waals surface area contributed by atoms with Crippen molar-refractivity contribution in [3.63, 3.8) is 0 Å². The monoisotopic (exact) mass is 254 g/mol. The minimum Gasteiger partial charge on any atom is -0.396 e. The molecule has 18 heavy (non-hydrogen) atoms. The van der Waals surface area contributed by atoms with E-state index in [2.05, 4.69) is 5.32 Å². The third-order valence-corrected chi connectivity index (χ3v) is 4.31. The number of aliphatic hydroxyl groups excluding tert-OH is 1. The first-order valence-corrected chi connectivity index (χ1v) is 7.41. The van der Waals surface area contributed by atoms with E-state index in [0.717, 1.165) is 32.4 Å². The highest BCUT2D eigenvalue weighted by Crippen LogP contribution is 2.20. The van der Waals surface area contributed by atoms with Crippen LogP contribution in [-0.2, 0) is 4.79 Å². The van der Waals surface area contributed by atoms with Gasteiger partial charge in [0.1, 0.15) is 0 Å². The maximum atomic E-state index is 12.1. The maximum absolute atomic E-state index is 12.1. The first-order valence-electron chi connectivity index (χ1n) is 7.41. The average Bonchev–Trinajstić information content (AvgIpc) is 2.90. The minimum atomic E-state index is 0.240. The van der Waals surface area contributed by atoms with E-state index in [9.17, 15) is 4.79 Å². The Hall–Kier alpha value is -0.610. The number of rotatable bonds is 5. The van der Waals surface area contributed by atoms with Gasteiger partial charge >= 0.3 is 0 Å². The molecule has 1 unspecified atom stereocenters. The van der Waals surface area contributed by atoms with Crippen molar-refractivity contribution < 1.29 is 9.90 Å². The smallest absolute Gasteiger partial charge is 0.236 e. The fraction of sp³-hybridized carbons (Fsp3) is 0.929. The Morgan fingerprint density at radius 2 is 2.00 bits per heavy atom. The molecule has 0 aromatic heterocycles. The first kappa shape index (κ1) is 13.8. The van der Waals surface area contributed by atoms with Gasteiger partial charge in [-0.3, -0.25) is 4.79 Å². The summed E-state index contributed by atoms with van der Waals surface area (Å²) in [5.41, 5.74) is 0. The number of hydrogen-bond acceptors (Lipinski definition) is 3. The van der Waals surface area contributed by atoms with Crippen LogP contribution in [-0.4, -0.2) is 48.2 Å². The zero-order valence-corrected chi connectivity index (χ0v) is 11.2. The summed E-state index contributed by atoms with van der Waals surface area (Å²) >= 11 is 0. The third-order valence-electron chi connectivity index (χ3n) is 4.31. The molecule has 1 atom stereocenters. The molecule has 104 valence electrons. The molecular formula is C14H26N2O2. The van der Waals surface area contributed by atoms with Gasteiger partial charge in [-0.15, -0.1) is 0 Å². The molecule has 2 N–H and O–H groups in total. The molecule has 1 heterocycles. The van der Waals surface area contributed by atoms with E-state index in [4.69, 9.17) is 5.11 Å². The van der Waals surface area contributed by atoms with Crippen LogP contribution < -0.4 is 5.32 Å². The van der Waals surface area contributed by atoms with E-state index in [1.54, 1.807) is 0 Å². The number of hydrogen-bond donors (Lipinski definition) is 2. The molecule has 4 heteroatoms. The maximum Gasteiger partial charge on any atom is 0.236 e. The summed E-state index contributed by atoms with van der Waals surface area (Å²) in [5, 5.41) is 12.4. The molecule has 0 bridgehead atoms. The SMILES string of the molecule is O=C(CNC1CCCC1)N1CCCC(CCO)C1. The van der Waals surface area contributed by atoms with Gasteiger partial charge in [0, 0.05) is 25.7 Å². The number of carbonyl (C=O) groups is 1. The lowest BCUT2D eigenvalue weighted by molar-refractivity contribution is -0.132. The number of carbonyl (C=O) groups excluding carboxylic acids is 1. The quantitative estimate of drug-likeness (QED) is 0.773. The standard InChI is InChI=1S/C14H26N2O2/c17-9-7-12-4-3-8-16(11-12)14(18)10-15-13-5-1-2-6-13/h12-13,15,17H,1-11H2. The molecule has 0 aromatic rings. The summed E-state index contributed by atoms with van der Waals surface area (Å²) in [6.45, 7) is 2.47. The lowest BCUT2D eigenvalue weighted by Crippen LogP contribution is -2.45. The summed E-state index contributed by atoms with van der Waals surface area (Å²) in [5.74, 6) is 0.740. The Morgan fingerprint density at radius 3 is 2.72 bits per heavy atom. The van der Waals surface area contributed by atoms with E-state index in [0.29, 0.717) is 18.5 Å². The lowest BCUT2D eigenvalue weighted by atomic mass is 9.95. The van der Waals surface area contributed by atoms with Gasteiger partial charge < -0.3 is 15.3 Å². The van der Waals surface area contributed by atoms with Crippen molar-refractivity contribution in [2.75, 3.05) is 26.2 Å². The van der Waals surface area contributed by atoms with Crippen LogP contribution in [0.5, 0.6) is 0 Å². The van der Waals surface area contributed by atoms with Crippen LogP contribution in [0.4, 0.5) is 0 Å². The molecule has 1 aliphatic heterocycles. The summed E-state index contributed by atoms with van der Waals surface area (Å²) < 4.78 is 0. The topological polar surface area (TPSA) is 52.6 Å². The van der Waals surface area contributed by atoms with Crippen molar-refractivity contribution in [3.8, 4) is 0 Å². The van der Waals surface area contributed by atoms with E-state index in [1.165, 1.54) is 25.7 Å². The number of amides is 1. The Morgan fingerprint density at radius 1 is 1.22 bits per heavy atom. The molecule has 0 spiro atoms. The van der Waals surface area contributed by atoms with Crippen LogP contribution in [0.15, 0.2) is 0 Å². The summed E-state index contributed by atoms with van der Waals surface area (Å²) in [6.07, 6.45) is 8.11. The van der Waals surface area contributed by atoms with Gasteiger partial charge in [-0.2, -0.15) is 0 Å². The predicted molar refractivity (Wildman–Crippen MR) is 71.3 cm³/mol. The van der Waals surface area contributed by atoms with Crippen molar-refractivity contribution in [1.29, 1.82) is 0 Å². The van der Waals surface area contributed by atoms with E-state index >= 15 is 0 Å². The Balaban J connectivity index is 1.70. The number of nitrogens with zero attached hydrogens (tertiary/aromatic N) is 1. The van der Waals surface area contributed by atoms with Crippen LogP contribution in [0.1, 0.15) is 44.9 Å². The van der Waals surface area contributed by atoms with Gasteiger partial charge in [-0.25, -0.2) is 0 Å². The van der Waals surface area contributed by atoms with Gasteiger partial charge in [0.2, 0.25) is 5.91 Å². The Kier molecular flexibility index (Phi) is 5.45. The zero-order chi connectivity index (χ0) is 12.8. The fourth-order valence-electron chi connectivity index (χ4n) is 3.18. The van der Waals surface area contributed by atoms with E-state index in [-0.39, 0.29) is 12.5 Å². The molecule has 1 saturated heterocycles. The van der Waals surface area contributed by atoms with Gasteiger partial charge in [0.05, 0.1) is 6.54 Å². The van der Waals surface area contributed by atoms with Crippen LogP contribution in [0.2, 0.25) is 0 Å².